The molecule has 0 atom stereocenters. The van der Waals surface area contributed by atoms with Gasteiger partial charge in [-0.1, -0.05) is 29.8 Å². The van der Waals surface area contributed by atoms with E-state index in [1.807, 2.05) is 31.2 Å². The second-order valence-corrected chi connectivity index (χ2v) is 2.14. The van der Waals surface area contributed by atoms with Gasteiger partial charge in [-0.15, -0.1) is 0 Å². The van der Waals surface area contributed by atoms with Gasteiger partial charge in [0.15, 0.2) is 0 Å². The van der Waals surface area contributed by atoms with Crippen LogP contribution < -0.4 is 0 Å². The minimum atomic E-state index is 0. The van der Waals surface area contributed by atoms with Gasteiger partial charge in [-0.25, -0.2) is 0 Å². The van der Waals surface area contributed by atoms with E-state index in [1.54, 1.807) is 0 Å². The molecule has 0 radical (unpaired) electrons. The molecule has 0 heterocycles. The molecule has 0 aromatic heterocycles. The Morgan fingerprint density at radius 1 is 1.20 bits per heavy atom. The molecule has 1 aromatic carbocycles. The van der Waals surface area contributed by atoms with Crippen LogP contribution in [0.4, 0.5) is 0 Å². The zero-order valence-corrected chi connectivity index (χ0v) is 5.46. The van der Waals surface area contributed by atoms with Crippen LogP contribution >= 0.6 is 0 Å². The fourth-order valence-electron chi connectivity index (χ4n) is 0.693. The first kappa shape index (κ1) is 10.8. The summed E-state index contributed by atoms with van der Waals surface area (Å²) in [4.78, 5) is 0. The van der Waals surface area contributed by atoms with Gasteiger partial charge >= 0.3 is 51.4 Å². The van der Waals surface area contributed by atoms with Crippen molar-refractivity contribution in [1.29, 1.82) is 0 Å². The number of aliphatic hydroxyl groups is 1. The molecule has 0 fully saturated rings. The van der Waals surface area contributed by atoms with Gasteiger partial charge in [-0.3, -0.25) is 0 Å². The van der Waals surface area contributed by atoms with Gasteiger partial charge in [0.2, 0.25) is 0 Å². The molecule has 2 heteroatoms. The monoisotopic (exact) mass is 162 g/mol. The molecule has 0 aliphatic rings. The van der Waals surface area contributed by atoms with Gasteiger partial charge in [0.1, 0.15) is 0 Å². The maximum absolute atomic E-state index is 8.63. The summed E-state index contributed by atoms with van der Waals surface area (Å²) in [7, 11) is 0. The van der Waals surface area contributed by atoms with Crippen molar-refractivity contribution >= 4 is 51.4 Å². The van der Waals surface area contributed by atoms with E-state index in [0.717, 1.165) is 5.56 Å². The van der Waals surface area contributed by atoms with Crippen LogP contribution in [0.3, 0.4) is 0 Å². The van der Waals surface area contributed by atoms with Crippen LogP contribution in [-0.2, 0) is 6.61 Å². The number of benzene rings is 1. The Hall–Kier alpha value is 0.816. The SMILES string of the molecule is Cc1ccc(CO)cc1.[KH]. The molecule has 0 saturated carbocycles. The van der Waals surface area contributed by atoms with Crippen molar-refractivity contribution in [2.45, 2.75) is 13.5 Å². The van der Waals surface area contributed by atoms with Crippen LogP contribution in [0.2, 0.25) is 0 Å². The summed E-state index contributed by atoms with van der Waals surface area (Å²) in [6, 6.07) is 7.84. The zero-order chi connectivity index (χ0) is 6.69. The number of rotatable bonds is 1. The molecule has 0 unspecified atom stereocenters. The third-order valence-electron chi connectivity index (χ3n) is 1.30. The van der Waals surface area contributed by atoms with Crippen LogP contribution in [-0.4, -0.2) is 56.5 Å². The Bertz CT molecular complexity index is 181. The molecule has 0 aliphatic heterocycles. The molecule has 0 amide bonds. The molecular weight excluding hydrogens is 151 g/mol. The molecule has 1 rings (SSSR count). The number of aryl methyl sites for hydroxylation is 1. The van der Waals surface area contributed by atoms with Crippen LogP contribution in [0.15, 0.2) is 24.3 Å². The molecule has 0 saturated heterocycles. The summed E-state index contributed by atoms with van der Waals surface area (Å²) in [5.74, 6) is 0. The fourth-order valence-corrected chi connectivity index (χ4v) is 0.693. The van der Waals surface area contributed by atoms with Crippen molar-refractivity contribution < 1.29 is 5.11 Å². The van der Waals surface area contributed by atoms with Crippen LogP contribution in [0, 0.1) is 6.92 Å². The predicted molar refractivity (Wildman–Crippen MR) is 44.3 cm³/mol. The third-order valence-corrected chi connectivity index (χ3v) is 1.30. The summed E-state index contributed by atoms with van der Waals surface area (Å²) < 4.78 is 0. The van der Waals surface area contributed by atoms with Gasteiger partial charge < -0.3 is 5.11 Å². The average molecular weight is 162 g/mol. The van der Waals surface area contributed by atoms with E-state index in [-0.39, 0.29) is 58.0 Å². The van der Waals surface area contributed by atoms with E-state index in [9.17, 15) is 0 Å². The van der Waals surface area contributed by atoms with Crippen molar-refractivity contribution in [3.8, 4) is 0 Å². The summed E-state index contributed by atoms with van der Waals surface area (Å²) in [6.45, 7) is 2.17. The number of aliphatic hydroxyl groups excluding tert-OH is 1. The van der Waals surface area contributed by atoms with Gasteiger partial charge in [0, 0.05) is 0 Å². The predicted octanol–water partition coefficient (Wildman–Crippen LogP) is 0.839. The summed E-state index contributed by atoms with van der Waals surface area (Å²) in [5.41, 5.74) is 2.20. The van der Waals surface area contributed by atoms with E-state index in [1.165, 1.54) is 5.56 Å². The number of hydrogen-bond donors (Lipinski definition) is 1. The molecular formula is C8H11KO. The van der Waals surface area contributed by atoms with Gasteiger partial charge in [0.05, 0.1) is 6.61 Å². The molecule has 0 aliphatic carbocycles. The van der Waals surface area contributed by atoms with E-state index in [0.29, 0.717) is 0 Å². The fraction of sp³-hybridized carbons (Fsp3) is 0.250. The Labute approximate surface area is 104 Å². The molecule has 1 aromatic rings. The summed E-state index contributed by atoms with van der Waals surface area (Å²) in [5, 5.41) is 8.63. The Kier molecular flexibility index (Phi) is 5.91. The first-order chi connectivity index (χ1) is 4.33. The molecule has 1 nitrogen and oxygen atoms in total. The van der Waals surface area contributed by atoms with Crippen molar-refractivity contribution in [2.24, 2.45) is 0 Å². The van der Waals surface area contributed by atoms with Gasteiger partial charge in [-0.05, 0) is 12.5 Å². The normalized spacial score (nSPS) is 8.60. The standard InChI is InChI=1S/C8H10O.K.H/c1-7-2-4-8(6-9)5-3-7;;/h2-5,9H,6H2,1H3;;. The second-order valence-electron chi connectivity index (χ2n) is 2.14. The molecule has 50 valence electrons. The Balaban J connectivity index is 0.000000810. The quantitative estimate of drug-likeness (QED) is 0.607. The van der Waals surface area contributed by atoms with Gasteiger partial charge in [0.25, 0.3) is 0 Å². The average Bonchev–Trinajstić information content (AvgIpc) is 1.90. The second kappa shape index (κ2) is 5.46. The van der Waals surface area contributed by atoms with Crippen LogP contribution in [0.5, 0.6) is 0 Å². The third kappa shape index (κ3) is 3.28. The Morgan fingerprint density at radius 3 is 2.10 bits per heavy atom. The van der Waals surface area contributed by atoms with E-state index < -0.39 is 0 Å². The van der Waals surface area contributed by atoms with Gasteiger partial charge in [-0.2, -0.15) is 0 Å². The molecule has 1 N–H and O–H groups in total. The van der Waals surface area contributed by atoms with Crippen molar-refractivity contribution in [1.82, 2.24) is 0 Å². The first-order valence-corrected chi connectivity index (χ1v) is 2.99. The topological polar surface area (TPSA) is 20.2 Å². The van der Waals surface area contributed by atoms with E-state index in [2.05, 4.69) is 0 Å². The van der Waals surface area contributed by atoms with Crippen LogP contribution in [0.25, 0.3) is 0 Å². The summed E-state index contributed by atoms with van der Waals surface area (Å²) >= 11 is 0. The first-order valence-electron chi connectivity index (χ1n) is 2.99. The number of hydrogen-bond acceptors (Lipinski definition) is 1. The van der Waals surface area contributed by atoms with Crippen molar-refractivity contribution in [3.05, 3.63) is 35.4 Å². The van der Waals surface area contributed by atoms with Crippen molar-refractivity contribution in [2.75, 3.05) is 0 Å². The minimum absolute atomic E-state index is 0. The van der Waals surface area contributed by atoms with Crippen molar-refractivity contribution in [3.63, 3.8) is 0 Å². The van der Waals surface area contributed by atoms with E-state index in [4.69, 9.17) is 5.11 Å². The molecule has 0 bridgehead atoms. The summed E-state index contributed by atoms with van der Waals surface area (Å²) in [6.07, 6.45) is 0. The molecule has 10 heavy (non-hydrogen) atoms. The maximum atomic E-state index is 8.63. The zero-order valence-electron chi connectivity index (χ0n) is 5.46. The Morgan fingerprint density at radius 2 is 1.70 bits per heavy atom. The van der Waals surface area contributed by atoms with Crippen LogP contribution in [0.1, 0.15) is 11.1 Å². The van der Waals surface area contributed by atoms with E-state index >= 15 is 0 Å². The molecule has 0 spiro atoms.